The number of aryl methyl sites for hydroxylation is 2. The molecule has 3 N–H and O–H groups in total. The molecule has 1 aliphatic carbocycles. The molecule has 1 aromatic carbocycles. The van der Waals surface area contributed by atoms with Crippen LogP contribution in [0.25, 0.3) is 0 Å². The predicted octanol–water partition coefficient (Wildman–Crippen LogP) is 2.41. The second-order valence-corrected chi connectivity index (χ2v) is 5.62. The first-order valence-corrected chi connectivity index (χ1v) is 6.66. The first-order valence-electron chi connectivity index (χ1n) is 6.66. The van der Waals surface area contributed by atoms with E-state index in [0.717, 1.165) is 29.7 Å². The fraction of sp³-hybridized carbons (Fsp3) is 0.533. The van der Waals surface area contributed by atoms with Gasteiger partial charge in [0.05, 0.1) is 0 Å². The third kappa shape index (κ3) is 3.26. The largest absolute Gasteiger partial charge is 0.490 e. The Balaban J connectivity index is 2.08. The third-order valence-electron chi connectivity index (χ3n) is 3.66. The van der Waals surface area contributed by atoms with Gasteiger partial charge in [0, 0.05) is 6.42 Å². The minimum atomic E-state index is -1.14. The predicted molar refractivity (Wildman–Crippen MR) is 73.4 cm³/mol. The zero-order chi connectivity index (χ0) is 14.0. The molecular formula is C15H21NO3. The number of rotatable bonds is 3. The fourth-order valence-corrected chi connectivity index (χ4v) is 2.74. The average Bonchev–Trinajstić information content (AvgIpc) is 2.27. The smallest absolute Gasteiger partial charge is 0.323 e. The molecule has 1 aliphatic rings. The van der Waals surface area contributed by atoms with Crippen LogP contribution in [-0.4, -0.2) is 22.7 Å². The Kier molecular flexibility index (Phi) is 3.80. The monoisotopic (exact) mass is 263 g/mol. The Hall–Kier alpha value is -1.55. The van der Waals surface area contributed by atoms with Crippen molar-refractivity contribution in [1.82, 2.24) is 0 Å². The summed E-state index contributed by atoms with van der Waals surface area (Å²) in [5.41, 5.74) is 7.07. The summed E-state index contributed by atoms with van der Waals surface area (Å²) in [7, 11) is 0. The second-order valence-electron chi connectivity index (χ2n) is 5.62. The molecule has 0 heterocycles. The second kappa shape index (κ2) is 5.21. The molecule has 2 unspecified atom stereocenters. The van der Waals surface area contributed by atoms with Gasteiger partial charge < -0.3 is 15.6 Å². The standard InChI is InChI=1S/C15H21NO3/c1-10-6-11(2)8-13(7-10)19-12-4-3-5-15(16,9-12)14(17)18/h6-8,12H,3-5,9,16H2,1-2H3,(H,17,18). The molecule has 0 aliphatic heterocycles. The molecule has 0 aromatic heterocycles. The van der Waals surface area contributed by atoms with Crippen LogP contribution in [0.5, 0.6) is 5.75 Å². The van der Waals surface area contributed by atoms with Gasteiger partial charge in [0.1, 0.15) is 17.4 Å². The number of carboxylic acid groups (broad SMARTS) is 1. The minimum absolute atomic E-state index is 0.115. The molecule has 2 rings (SSSR count). The topological polar surface area (TPSA) is 72.5 Å². The van der Waals surface area contributed by atoms with Gasteiger partial charge in [0.15, 0.2) is 0 Å². The maximum atomic E-state index is 11.2. The Morgan fingerprint density at radius 2 is 2.00 bits per heavy atom. The lowest BCUT2D eigenvalue weighted by Crippen LogP contribution is -2.53. The molecule has 1 saturated carbocycles. The molecule has 19 heavy (non-hydrogen) atoms. The zero-order valence-corrected chi connectivity index (χ0v) is 11.5. The van der Waals surface area contributed by atoms with Gasteiger partial charge in [-0.25, -0.2) is 0 Å². The number of benzene rings is 1. The number of hydrogen-bond donors (Lipinski definition) is 2. The lowest BCUT2D eigenvalue weighted by Gasteiger charge is -2.34. The number of hydrogen-bond acceptors (Lipinski definition) is 3. The van der Waals surface area contributed by atoms with Crippen molar-refractivity contribution in [3.05, 3.63) is 29.3 Å². The van der Waals surface area contributed by atoms with Crippen LogP contribution >= 0.6 is 0 Å². The van der Waals surface area contributed by atoms with Crippen LogP contribution in [0.1, 0.15) is 36.8 Å². The molecule has 1 fully saturated rings. The van der Waals surface area contributed by atoms with E-state index in [2.05, 4.69) is 6.07 Å². The number of aliphatic carboxylic acids is 1. The van der Waals surface area contributed by atoms with Crippen molar-refractivity contribution in [2.24, 2.45) is 5.73 Å². The summed E-state index contributed by atoms with van der Waals surface area (Å²) >= 11 is 0. The van der Waals surface area contributed by atoms with E-state index >= 15 is 0 Å². The van der Waals surface area contributed by atoms with Crippen molar-refractivity contribution in [2.75, 3.05) is 0 Å². The van der Waals surface area contributed by atoms with Gasteiger partial charge in [0.2, 0.25) is 0 Å². The summed E-state index contributed by atoms with van der Waals surface area (Å²) in [4.78, 5) is 11.2. The van der Waals surface area contributed by atoms with Gasteiger partial charge in [0.25, 0.3) is 0 Å². The molecule has 0 bridgehead atoms. The van der Waals surface area contributed by atoms with Crippen molar-refractivity contribution in [2.45, 2.75) is 51.2 Å². The highest BCUT2D eigenvalue weighted by atomic mass is 16.5. The van der Waals surface area contributed by atoms with Gasteiger partial charge in [-0.3, -0.25) is 4.79 Å². The molecule has 4 heteroatoms. The van der Waals surface area contributed by atoms with Gasteiger partial charge in [-0.05, 0) is 56.4 Å². The van der Waals surface area contributed by atoms with Crippen molar-refractivity contribution in [1.29, 1.82) is 0 Å². The van der Waals surface area contributed by atoms with E-state index in [1.54, 1.807) is 0 Å². The van der Waals surface area contributed by atoms with Crippen LogP contribution in [0.4, 0.5) is 0 Å². The van der Waals surface area contributed by atoms with Gasteiger partial charge in [-0.2, -0.15) is 0 Å². The van der Waals surface area contributed by atoms with Gasteiger partial charge in [-0.15, -0.1) is 0 Å². The Labute approximate surface area is 113 Å². The first-order chi connectivity index (χ1) is 8.89. The number of nitrogens with two attached hydrogens (primary N) is 1. The van der Waals surface area contributed by atoms with Crippen molar-refractivity contribution >= 4 is 5.97 Å². The van der Waals surface area contributed by atoms with E-state index in [1.807, 2.05) is 26.0 Å². The molecule has 0 spiro atoms. The molecule has 0 saturated heterocycles. The summed E-state index contributed by atoms with van der Waals surface area (Å²) < 4.78 is 5.92. The van der Waals surface area contributed by atoms with Crippen molar-refractivity contribution in [3.63, 3.8) is 0 Å². The lowest BCUT2D eigenvalue weighted by molar-refractivity contribution is -0.145. The Morgan fingerprint density at radius 1 is 1.37 bits per heavy atom. The van der Waals surface area contributed by atoms with E-state index in [4.69, 9.17) is 10.5 Å². The molecule has 104 valence electrons. The fourth-order valence-electron chi connectivity index (χ4n) is 2.74. The van der Waals surface area contributed by atoms with Crippen LogP contribution < -0.4 is 10.5 Å². The highest BCUT2D eigenvalue weighted by molar-refractivity contribution is 5.78. The Morgan fingerprint density at radius 3 is 2.58 bits per heavy atom. The van der Waals surface area contributed by atoms with E-state index < -0.39 is 11.5 Å². The number of ether oxygens (including phenoxy) is 1. The SMILES string of the molecule is Cc1cc(C)cc(OC2CCCC(N)(C(=O)O)C2)c1. The summed E-state index contributed by atoms with van der Waals surface area (Å²) in [6.07, 6.45) is 2.43. The van der Waals surface area contributed by atoms with E-state index in [9.17, 15) is 9.90 Å². The first kappa shape index (κ1) is 13.9. The highest BCUT2D eigenvalue weighted by Gasteiger charge is 2.40. The van der Waals surface area contributed by atoms with E-state index in [1.165, 1.54) is 0 Å². The third-order valence-corrected chi connectivity index (χ3v) is 3.66. The quantitative estimate of drug-likeness (QED) is 0.878. The zero-order valence-electron chi connectivity index (χ0n) is 11.5. The van der Waals surface area contributed by atoms with E-state index in [0.29, 0.717) is 12.8 Å². The lowest BCUT2D eigenvalue weighted by atomic mass is 9.81. The summed E-state index contributed by atoms with van der Waals surface area (Å²) in [5, 5.41) is 9.19. The maximum Gasteiger partial charge on any atom is 0.323 e. The summed E-state index contributed by atoms with van der Waals surface area (Å²) in [5.74, 6) is -0.127. The molecular weight excluding hydrogens is 242 g/mol. The molecule has 1 aromatic rings. The van der Waals surface area contributed by atoms with Crippen molar-refractivity contribution < 1.29 is 14.6 Å². The minimum Gasteiger partial charge on any atom is -0.490 e. The summed E-state index contributed by atoms with van der Waals surface area (Å²) in [6.45, 7) is 4.04. The Bertz CT molecular complexity index is 466. The van der Waals surface area contributed by atoms with Crippen LogP contribution in [0.2, 0.25) is 0 Å². The maximum absolute atomic E-state index is 11.2. The molecule has 2 atom stereocenters. The number of carboxylic acids is 1. The van der Waals surface area contributed by atoms with Gasteiger partial charge >= 0.3 is 5.97 Å². The normalized spacial score (nSPS) is 27.0. The molecule has 0 radical (unpaired) electrons. The molecule has 0 amide bonds. The summed E-state index contributed by atoms with van der Waals surface area (Å²) in [6, 6.07) is 6.03. The van der Waals surface area contributed by atoms with E-state index in [-0.39, 0.29) is 6.10 Å². The van der Waals surface area contributed by atoms with Crippen LogP contribution in [0, 0.1) is 13.8 Å². The number of carbonyl (C=O) groups is 1. The van der Waals surface area contributed by atoms with Crippen LogP contribution in [0.15, 0.2) is 18.2 Å². The molecule has 4 nitrogen and oxygen atoms in total. The highest BCUT2D eigenvalue weighted by Crippen LogP contribution is 2.30. The van der Waals surface area contributed by atoms with Gasteiger partial charge in [-0.1, -0.05) is 6.07 Å². The van der Waals surface area contributed by atoms with Crippen LogP contribution in [0.3, 0.4) is 0 Å². The van der Waals surface area contributed by atoms with Crippen molar-refractivity contribution in [3.8, 4) is 5.75 Å². The van der Waals surface area contributed by atoms with Crippen LogP contribution in [-0.2, 0) is 4.79 Å². The average molecular weight is 263 g/mol.